The van der Waals surface area contributed by atoms with Crippen molar-refractivity contribution in [3.8, 4) is 0 Å². The second-order valence-electron chi connectivity index (χ2n) is 1.43. The summed E-state index contributed by atoms with van der Waals surface area (Å²) in [6, 6.07) is 0. The summed E-state index contributed by atoms with van der Waals surface area (Å²) in [5.41, 5.74) is 0. The van der Waals surface area contributed by atoms with Crippen LogP contribution in [0.1, 0.15) is 12.8 Å². The van der Waals surface area contributed by atoms with Crippen LogP contribution in [0.15, 0.2) is 24.3 Å². The van der Waals surface area contributed by atoms with E-state index in [9.17, 15) is 0 Å². The molecule has 1 aliphatic carbocycles. The van der Waals surface area contributed by atoms with Gasteiger partial charge in [-0.25, -0.2) is 0 Å². The van der Waals surface area contributed by atoms with Gasteiger partial charge in [-0.3, -0.25) is 0 Å². The van der Waals surface area contributed by atoms with E-state index < -0.39 is 0 Å². The third-order valence-corrected chi connectivity index (χ3v) is 0.883. The minimum atomic E-state index is 0. The molecule has 0 radical (unpaired) electrons. The zero-order valence-electron chi connectivity index (χ0n) is 7.42. The Labute approximate surface area is 92.0 Å². The number of allylic oxidation sites excluding steroid dienone is 4. The van der Waals surface area contributed by atoms with Crippen LogP contribution >= 0.6 is 0 Å². The average Bonchev–Trinajstić information content (AvgIpc) is 2.29. The molecule has 0 atom stereocenters. The Morgan fingerprint density at radius 1 is 0.692 bits per heavy atom. The predicted molar refractivity (Wildman–Crippen MR) is 48.9 cm³/mol. The van der Waals surface area contributed by atoms with Crippen molar-refractivity contribution >= 4 is 20.4 Å². The zero-order chi connectivity index (χ0) is 10.2. The molecule has 0 heterocycles. The fourth-order valence-corrected chi connectivity index (χ4v) is 0.542. The molecule has 13 heavy (non-hydrogen) atoms. The molecule has 0 fully saturated rings. The summed E-state index contributed by atoms with van der Waals surface area (Å²) in [6.45, 7) is 6.00. The van der Waals surface area contributed by atoms with Crippen LogP contribution in [0, 0.1) is 0 Å². The Morgan fingerprint density at radius 2 is 0.923 bits per heavy atom. The van der Waals surface area contributed by atoms with Crippen LogP contribution in [0.2, 0.25) is 0 Å². The van der Waals surface area contributed by atoms with Crippen molar-refractivity contribution in [2.45, 2.75) is 12.8 Å². The molecular weight excluding hydrogens is 346 g/mol. The van der Waals surface area contributed by atoms with Gasteiger partial charge in [0.05, 0.1) is 0 Å². The molecule has 0 spiro atoms. The van der Waals surface area contributed by atoms with Crippen molar-refractivity contribution in [2.24, 2.45) is 0 Å². The van der Waals surface area contributed by atoms with E-state index in [0.717, 1.165) is 0 Å². The smallest absolute Gasteiger partial charge is 0.106 e. The molecule has 0 bridgehead atoms. The SMILES string of the molecule is C1=CCCC=C1.C=O.C=O.C=O.[Os]. The minimum absolute atomic E-state index is 0. The number of carbonyl (C=O) groups is 3. The average molecular weight is 360 g/mol. The number of rotatable bonds is 0. The minimum Gasteiger partial charge on any atom is -0.307 e. The van der Waals surface area contributed by atoms with Gasteiger partial charge in [0.1, 0.15) is 20.4 Å². The van der Waals surface area contributed by atoms with Gasteiger partial charge in [0.25, 0.3) is 0 Å². The fraction of sp³-hybridized carbons (Fsp3) is 0.222. The molecule has 0 aromatic rings. The summed E-state index contributed by atoms with van der Waals surface area (Å²) < 4.78 is 0. The van der Waals surface area contributed by atoms with Crippen molar-refractivity contribution in [3.63, 3.8) is 0 Å². The summed E-state index contributed by atoms with van der Waals surface area (Å²) in [6.07, 6.45) is 11.0. The van der Waals surface area contributed by atoms with Gasteiger partial charge in [-0.1, -0.05) is 24.3 Å². The monoisotopic (exact) mass is 362 g/mol. The predicted octanol–water partition coefficient (Wildman–Crippen LogP) is 1.34. The molecule has 0 saturated heterocycles. The first kappa shape index (κ1) is 22.7. The maximum Gasteiger partial charge on any atom is 0.106 e. The second kappa shape index (κ2) is 43.4. The third kappa shape index (κ3) is 35.3. The second-order valence-corrected chi connectivity index (χ2v) is 1.43. The largest absolute Gasteiger partial charge is 0.307 e. The van der Waals surface area contributed by atoms with Gasteiger partial charge in [-0.2, -0.15) is 0 Å². The molecule has 1 rings (SSSR count). The third-order valence-electron chi connectivity index (χ3n) is 0.883. The van der Waals surface area contributed by atoms with E-state index in [1.165, 1.54) is 12.8 Å². The maximum absolute atomic E-state index is 8.00. The maximum atomic E-state index is 8.00. The molecule has 1 aliphatic rings. The standard InChI is InChI=1S/C6H8.3CH2O.Os/c1-2-4-6-5-3-1;3*1-2;/h1-4H,5-6H2;3*1H2;. The van der Waals surface area contributed by atoms with Crippen molar-refractivity contribution in [3.05, 3.63) is 24.3 Å². The number of hydrogen-bond acceptors (Lipinski definition) is 3. The Hall–Kier alpha value is -0.874. The molecule has 0 N–H and O–H groups in total. The van der Waals surface area contributed by atoms with Gasteiger partial charge in [0, 0.05) is 19.8 Å². The molecule has 3 nitrogen and oxygen atoms in total. The topological polar surface area (TPSA) is 51.2 Å². The molecule has 0 amide bonds. The summed E-state index contributed by atoms with van der Waals surface area (Å²) in [7, 11) is 0. The van der Waals surface area contributed by atoms with Crippen molar-refractivity contribution in [2.75, 3.05) is 0 Å². The zero-order valence-corrected chi connectivity index (χ0v) is 9.96. The van der Waals surface area contributed by atoms with E-state index in [4.69, 9.17) is 14.4 Å². The van der Waals surface area contributed by atoms with Crippen LogP contribution in [0.3, 0.4) is 0 Å². The molecule has 0 unspecified atom stereocenters. The molecule has 0 aromatic heterocycles. The van der Waals surface area contributed by atoms with E-state index >= 15 is 0 Å². The summed E-state index contributed by atoms with van der Waals surface area (Å²) in [5, 5.41) is 0. The summed E-state index contributed by atoms with van der Waals surface area (Å²) in [4.78, 5) is 24.0. The first-order valence-corrected chi connectivity index (χ1v) is 3.18. The Kier molecular flexibility index (Phi) is 75.9. The van der Waals surface area contributed by atoms with Gasteiger partial charge in [-0.05, 0) is 12.8 Å². The van der Waals surface area contributed by atoms with E-state index in [2.05, 4.69) is 24.3 Å². The van der Waals surface area contributed by atoms with Crippen LogP contribution < -0.4 is 0 Å². The van der Waals surface area contributed by atoms with Gasteiger partial charge >= 0.3 is 0 Å². The van der Waals surface area contributed by atoms with E-state index in [0.29, 0.717) is 0 Å². The first-order chi connectivity index (χ1) is 6.00. The normalized spacial score (nSPS) is 9.54. The Balaban J connectivity index is -0.0000000508. The van der Waals surface area contributed by atoms with Crippen molar-refractivity contribution in [1.29, 1.82) is 0 Å². The molecule has 0 saturated carbocycles. The first-order valence-electron chi connectivity index (χ1n) is 3.18. The van der Waals surface area contributed by atoms with Crippen molar-refractivity contribution < 1.29 is 34.2 Å². The number of hydrogen-bond donors (Lipinski definition) is 0. The van der Waals surface area contributed by atoms with Gasteiger partial charge < -0.3 is 14.4 Å². The van der Waals surface area contributed by atoms with Crippen LogP contribution in [0.4, 0.5) is 0 Å². The molecule has 0 aromatic carbocycles. The van der Waals surface area contributed by atoms with Gasteiger partial charge in [0.2, 0.25) is 0 Å². The fourth-order valence-electron chi connectivity index (χ4n) is 0.542. The molecule has 76 valence electrons. The number of carbonyl (C=O) groups excluding carboxylic acids is 3. The Bertz CT molecular complexity index is 107. The van der Waals surface area contributed by atoms with Crippen LogP contribution in [-0.4, -0.2) is 20.4 Å². The Morgan fingerprint density at radius 3 is 1.00 bits per heavy atom. The van der Waals surface area contributed by atoms with E-state index in [1.54, 1.807) is 0 Å². The van der Waals surface area contributed by atoms with Crippen molar-refractivity contribution in [1.82, 2.24) is 0 Å². The summed E-state index contributed by atoms with van der Waals surface area (Å²) in [5.74, 6) is 0. The molecule has 4 heteroatoms. The molecular formula is C9H14O3Os. The molecule has 0 aliphatic heterocycles. The van der Waals surface area contributed by atoms with Crippen LogP contribution in [0.25, 0.3) is 0 Å². The van der Waals surface area contributed by atoms with E-state index in [1.807, 2.05) is 20.4 Å². The van der Waals surface area contributed by atoms with Crippen LogP contribution in [-0.2, 0) is 34.2 Å². The summed E-state index contributed by atoms with van der Waals surface area (Å²) >= 11 is 0. The van der Waals surface area contributed by atoms with Crippen LogP contribution in [0.5, 0.6) is 0 Å². The van der Waals surface area contributed by atoms with Gasteiger partial charge in [0.15, 0.2) is 0 Å². The quantitative estimate of drug-likeness (QED) is 0.655. The van der Waals surface area contributed by atoms with Gasteiger partial charge in [-0.15, -0.1) is 0 Å². The van der Waals surface area contributed by atoms with E-state index in [-0.39, 0.29) is 19.8 Å².